The van der Waals surface area contributed by atoms with Crippen LogP contribution in [0.3, 0.4) is 0 Å². The maximum atomic E-state index is 15.4. The molecule has 1 fully saturated rings. The standard InChI is InChI=1S/C25H24F6/c1-2-3-4-14-5-8-17-15(11-14)6-9-18-19(17)13-22(27)23(24(18)28)16-7-10-20(21(26)12-16)25(29,30)31/h3-4,7,10,12-15,17H,2,5-6,8-9,11H2,1H3/b4-3+. The molecule has 0 nitrogen and oxygen atoms in total. The molecule has 3 atom stereocenters. The van der Waals surface area contributed by atoms with Gasteiger partial charge in [-0.25, -0.2) is 13.2 Å². The number of hydrogen-bond donors (Lipinski definition) is 0. The first-order valence-corrected chi connectivity index (χ1v) is 10.7. The summed E-state index contributed by atoms with van der Waals surface area (Å²) in [6, 6.07) is 3.34. The molecule has 2 aromatic carbocycles. The SMILES string of the molecule is CC/C=C/C1CCC2c3cc(F)c(-c4ccc(C(F)(F)F)c(F)c4)c(F)c3CCC2C1. The highest BCUT2D eigenvalue weighted by molar-refractivity contribution is 5.68. The quantitative estimate of drug-likeness (QED) is 0.335. The van der Waals surface area contributed by atoms with Crippen LogP contribution in [0.5, 0.6) is 0 Å². The van der Waals surface area contributed by atoms with Crippen LogP contribution in [0.1, 0.15) is 61.6 Å². The molecule has 1 saturated carbocycles. The summed E-state index contributed by atoms with van der Waals surface area (Å²) in [6.07, 6.45) is 4.57. The summed E-state index contributed by atoms with van der Waals surface area (Å²) >= 11 is 0. The van der Waals surface area contributed by atoms with E-state index in [0.29, 0.717) is 41.5 Å². The second-order valence-corrected chi connectivity index (χ2v) is 8.62. The Kier molecular flexibility index (Phi) is 5.93. The minimum Gasteiger partial charge on any atom is -0.206 e. The van der Waals surface area contributed by atoms with Gasteiger partial charge in [0, 0.05) is 0 Å². The van der Waals surface area contributed by atoms with Crippen molar-refractivity contribution < 1.29 is 26.3 Å². The van der Waals surface area contributed by atoms with Gasteiger partial charge in [0.2, 0.25) is 0 Å². The minimum absolute atomic E-state index is 0.0809. The predicted molar refractivity (Wildman–Crippen MR) is 108 cm³/mol. The first-order chi connectivity index (χ1) is 14.7. The third-order valence-electron chi connectivity index (χ3n) is 6.75. The van der Waals surface area contributed by atoms with Gasteiger partial charge in [-0.2, -0.15) is 13.2 Å². The molecule has 0 radical (unpaired) electrons. The monoisotopic (exact) mass is 438 g/mol. The van der Waals surface area contributed by atoms with Crippen LogP contribution in [0, 0.1) is 29.3 Å². The molecule has 6 heteroatoms. The van der Waals surface area contributed by atoms with E-state index in [0.717, 1.165) is 38.2 Å². The van der Waals surface area contributed by atoms with Crippen LogP contribution in [-0.4, -0.2) is 0 Å². The molecule has 3 unspecified atom stereocenters. The van der Waals surface area contributed by atoms with E-state index in [1.165, 1.54) is 6.07 Å². The van der Waals surface area contributed by atoms with Crippen molar-refractivity contribution in [3.63, 3.8) is 0 Å². The van der Waals surface area contributed by atoms with E-state index in [1.807, 2.05) is 0 Å². The van der Waals surface area contributed by atoms with Gasteiger partial charge in [0.15, 0.2) is 0 Å². The molecule has 0 aromatic heterocycles. The molecular formula is C25H24F6. The highest BCUT2D eigenvalue weighted by Gasteiger charge is 2.38. The van der Waals surface area contributed by atoms with Crippen molar-refractivity contribution in [3.05, 3.63) is 70.6 Å². The molecule has 2 aliphatic rings. The number of fused-ring (bicyclic) bond motifs is 3. The molecule has 2 aliphatic carbocycles. The van der Waals surface area contributed by atoms with Gasteiger partial charge in [-0.15, -0.1) is 0 Å². The summed E-state index contributed by atoms with van der Waals surface area (Å²) in [6.45, 7) is 2.09. The van der Waals surface area contributed by atoms with E-state index in [9.17, 15) is 22.0 Å². The Morgan fingerprint density at radius 1 is 1.00 bits per heavy atom. The Hall–Kier alpha value is -2.24. The topological polar surface area (TPSA) is 0 Å². The van der Waals surface area contributed by atoms with Gasteiger partial charge in [0.25, 0.3) is 0 Å². The summed E-state index contributed by atoms with van der Waals surface area (Å²) in [7, 11) is 0. The van der Waals surface area contributed by atoms with E-state index in [1.54, 1.807) is 0 Å². The highest BCUT2D eigenvalue weighted by atomic mass is 19.4. The molecule has 0 heterocycles. The molecule has 0 saturated heterocycles. The van der Waals surface area contributed by atoms with Gasteiger partial charge in [0.1, 0.15) is 17.5 Å². The van der Waals surface area contributed by atoms with Gasteiger partial charge in [-0.05, 0) is 91.2 Å². The molecular weight excluding hydrogens is 414 g/mol. The van der Waals surface area contributed by atoms with E-state index in [4.69, 9.17) is 0 Å². The fourth-order valence-electron chi connectivity index (χ4n) is 5.29. The Morgan fingerprint density at radius 3 is 2.45 bits per heavy atom. The third-order valence-corrected chi connectivity index (χ3v) is 6.75. The molecule has 0 N–H and O–H groups in total. The molecule has 166 valence electrons. The van der Waals surface area contributed by atoms with Crippen molar-refractivity contribution in [1.82, 2.24) is 0 Å². The van der Waals surface area contributed by atoms with Gasteiger partial charge in [0.05, 0.1) is 11.1 Å². The molecule has 31 heavy (non-hydrogen) atoms. The summed E-state index contributed by atoms with van der Waals surface area (Å²) in [4.78, 5) is 0. The number of halogens is 6. The average molecular weight is 438 g/mol. The van der Waals surface area contributed by atoms with Crippen molar-refractivity contribution in [2.24, 2.45) is 11.8 Å². The van der Waals surface area contributed by atoms with E-state index in [2.05, 4.69) is 19.1 Å². The van der Waals surface area contributed by atoms with Crippen LogP contribution in [0.4, 0.5) is 26.3 Å². The largest absolute Gasteiger partial charge is 0.419 e. The molecule has 4 rings (SSSR count). The summed E-state index contributed by atoms with van der Waals surface area (Å²) < 4.78 is 82.9. The molecule has 2 aromatic rings. The van der Waals surface area contributed by atoms with Gasteiger partial charge < -0.3 is 0 Å². The second kappa shape index (κ2) is 8.36. The first-order valence-electron chi connectivity index (χ1n) is 10.7. The normalized spacial score (nSPS) is 23.6. The van der Waals surface area contributed by atoms with Crippen LogP contribution in [0.15, 0.2) is 36.4 Å². The predicted octanol–water partition coefficient (Wildman–Crippen LogP) is 8.20. The van der Waals surface area contributed by atoms with Crippen LogP contribution < -0.4 is 0 Å². The lowest BCUT2D eigenvalue weighted by Gasteiger charge is -2.40. The van der Waals surface area contributed by atoms with Crippen molar-refractivity contribution in [2.45, 2.75) is 57.5 Å². The number of rotatable bonds is 3. The molecule has 0 spiro atoms. The maximum Gasteiger partial charge on any atom is 0.419 e. The third kappa shape index (κ3) is 4.13. The average Bonchev–Trinajstić information content (AvgIpc) is 2.71. The number of allylic oxidation sites excluding steroid dienone is 2. The van der Waals surface area contributed by atoms with Crippen LogP contribution >= 0.6 is 0 Å². The number of hydrogen-bond acceptors (Lipinski definition) is 0. The first kappa shape index (κ1) is 22.0. The highest BCUT2D eigenvalue weighted by Crippen LogP contribution is 2.49. The summed E-state index contributed by atoms with van der Waals surface area (Å²) in [5, 5.41) is 0. The smallest absolute Gasteiger partial charge is 0.206 e. The Bertz CT molecular complexity index is 1000. The zero-order valence-electron chi connectivity index (χ0n) is 17.2. The Labute approximate surface area is 178 Å². The van der Waals surface area contributed by atoms with Crippen LogP contribution in [0.2, 0.25) is 0 Å². The minimum atomic E-state index is -4.87. The number of benzene rings is 2. The van der Waals surface area contributed by atoms with Crippen molar-refractivity contribution in [1.29, 1.82) is 0 Å². The lowest BCUT2D eigenvalue weighted by atomic mass is 9.65. The van der Waals surface area contributed by atoms with Crippen molar-refractivity contribution in [3.8, 4) is 11.1 Å². The Balaban J connectivity index is 1.69. The van der Waals surface area contributed by atoms with Crippen LogP contribution in [-0.2, 0) is 12.6 Å². The zero-order valence-corrected chi connectivity index (χ0v) is 17.2. The maximum absolute atomic E-state index is 15.4. The second-order valence-electron chi connectivity index (χ2n) is 8.62. The fourth-order valence-corrected chi connectivity index (χ4v) is 5.29. The van der Waals surface area contributed by atoms with E-state index < -0.39 is 34.8 Å². The summed E-state index contributed by atoms with van der Waals surface area (Å²) in [5.41, 5.74) is -1.05. The summed E-state index contributed by atoms with van der Waals surface area (Å²) in [5.74, 6) is -2.24. The lowest BCUT2D eigenvalue weighted by molar-refractivity contribution is -0.139. The number of alkyl halides is 3. The Morgan fingerprint density at radius 2 is 1.77 bits per heavy atom. The van der Waals surface area contributed by atoms with Crippen molar-refractivity contribution >= 4 is 0 Å². The van der Waals surface area contributed by atoms with Gasteiger partial charge in [-0.1, -0.05) is 25.1 Å². The lowest BCUT2D eigenvalue weighted by Crippen LogP contribution is -2.28. The van der Waals surface area contributed by atoms with Crippen LogP contribution in [0.25, 0.3) is 11.1 Å². The van der Waals surface area contributed by atoms with E-state index >= 15 is 4.39 Å². The molecule has 0 aliphatic heterocycles. The fraction of sp³-hybridized carbons (Fsp3) is 0.440. The van der Waals surface area contributed by atoms with Gasteiger partial charge >= 0.3 is 6.18 Å². The molecule has 0 amide bonds. The van der Waals surface area contributed by atoms with Gasteiger partial charge in [-0.3, -0.25) is 0 Å². The zero-order chi connectivity index (χ0) is 22.3. The molecule has 0 bridgehead atoms. The van der Waals surface area contributed by atoms with Crippen molar-refractivity contribution in [2.75, 3.05) is 0 Å². The van der Waals surface area contributed by atoms with E-state index in [-0.39, 0.29) is 11.5 Å².